The molecule has 4 nitrogen and oxygen atoms in total. The maximum atomic E-state index is 11.5. The molecule has 0 atom stereocenters. The van der Waals surface area contributed by atoms with Crippen molar-refractivity contribution in [3.05, 3.63) is 10.0 Å². The summed E-state index contributed by atoms with van der Waals surface area (Å²) in [5.74, 6) is -0.317. The molecule has 0 aromatic carbocycles. The van der Waals surface area contributed by atoms with E-state index < -0.39 is 0 Å². The Hall–Kier alpha value is -0.970. The zero-order valence-corrected chi connectivity index (χ0v) is 8.84. The normalized spacial score (nSPS) is 17.2. The van der Waals surface area contributed by atoms with Crippen molar-refractivity contribution in [3.8, 4) is 0 Å². The molecule has 0 unspecified atom stereocenters. The molecule has 76 valence electrons. The van der Waals surface area contributed by atoms with Crippen molar-refractivity contribution in [2.24, 2.45) is 0 Å². The zero-order chi connectivity index (χ0) is 9.97. The number of aryl methyl sites for hydroxylation is 1. The van der Waals surface area contributed by atoms with E-state index in [1.54, 1.807) is 0 Å². The lowest BCUT2D eigenvalue weighted by Crippen LogP contribution is -2.14. The highest BCUT2D eigenvalue weighted by atomic mass is 32.1. The lowest BCUT2D eigenvalue weighted by atomic mass is 10.3. The summed E-state index contributed by atoms with van der Waals surface area (Å²) in [7, 11) is 0. The monoisotopic (exact) mass is 212 g/mol. The predicted molar refractivity (Wildman–Crippen MR) is 52.3 cm³/mol. The largest absolute Gasteiger partial charge is 0.457 e. The maximum Gasteiger partial charge on any atom is 0.369 e. The van der Waals surface area contributed by atoms with Crippen LogP contribution in [0.15, 0.2) is 0 Å². The van der Waals surface area contributed by atoms with E-state index in [9.17, 15) is 4.79 Å². The number of aromatic nitrogens is 2. The molecule has 0 amide bonds. The third kappa shape index (κ3) is 2.09. The second-order valence-electron chi connectivity index (χ2n) is 3.44. The first kappa shape index (κ1) is 9.58. The van der Waals surface area contributed by atoms with Gasteiger partial charge in [-0.15, -0.1) is 10.2 Å². The Morgan fingerprint density at radius 1 is 1.43 bits per heavy atom. The summed E-state index contributed by atoms with van der Waals surface area (Å²) in [5, 5.41) is 8.70. The highest BCUT2D eigenvalue weighted by Crippen LogP contribution is 2.22. The Bertz CT molecular complexity index is 331. The Morgan fingerprint density at radius 2 is 2.14 bits per heavy atom. The van der Waals surface area contributed by atoms with Crippen LogP contribution in [0.1, 0.15) is 40.5 Å². The van der Waals surface area contributed by atoms with Crippen LogP contribution >= 0.6 is 11.3 Å². The quantitative estimate of drug-likeness (QED) is 0.703. The minimum Gasteiger partial charge on any atom is -0.457 e. The van der Waals surface area contributed by atoms with Crippen molar-refractivity contribution in [1.82, 2.24) is 10.2 Å². The summed E-state index contributed by atoms with van der Waals surface area (Å²) in [4.78, 5) is 11.5. The van der Waals surface area contributed by atoms with Gasteiger partial charge in [-0.1, -0.05) is 11.3 Å². The van der Waals surface area contributed by atoms with Gasteiger partial charge in [0.2, 0.25) is 5.01 Å². The molecular formula is C9H12N2O2S. The van der Waals surface area contributed by atoms with Gasteiger partial charge in [0.15, 0.2) is 0 Å². The van der Waals surface area contributed by atoms with E-state index in [0.717, 1.165) is 30.7 Å². The lowest BCUT2D eigenvalue weighted by Gasteiger charge is -2.08. The van der Waals surface area contributed by atoms with Gasteiger partial charge in [-0.3, -0.25) is 0 Å². The first-order valence-corrected chi connectivity index (χ1v) is 5.58. The molecule has 5 heteroatoms. The molecule has 1 aliphatic rings. The van der Waals surface area contributed by atoms with E-state index in [4.69, 9.17) is 4.74 Å². The second kappa shape index (κ2) is 4.04. The van der Waals surface area contributed by atoms with Gasteiger partial charge in [0, 0.05) is 0 Å². The van der Waals surface area contributed by atoms with Crippen molar-refractivity contribution >= 4 is 17.3 Å². The minimum absolute atomic E-state index is 0.103. The molecule has 14 heavy (non-hydrogen) atoms. The minimum atomic E-state index is -0.317. The van der Waals surface area contributed by atoms with Crippen LogP contribution < -0.4 is 0 Å². The number of hydrogen-bond acceptors (Lipinski definition) is 5. The summed E-state index contributed by atoms with van der Waals surface area (Å²) in [6.07, 6.45) is 4.40. The predicted octanol–water partition coefficient (Wildman–Crippen LogP) is 1.95. The van der Waals surface area contributed by atoms with Crippen LogP contribution in [0, 0.1) is 6.92 Å². The standard InChI is InChI=1S/C9H12N2O2S/c1-6-10-11-8(14-6)9(12)13-7-4-2-3-5-7/h7H,2-5H2,1H3. The van der Waals surface area contributed by atoms with Gasteiger partial charge < -0.3 is 4.74 Å². The summed E-state index contributed by atoms with van der Waals surface area (Å²) in [5.41, 5.74) is 0. The van der Waals surface area contributed by atoms with Crippen LogP contribution in [0.5, 0.6) is 0 Å². The van der Waals surface area contributed by atoms with Gasteiger partial charge in [0.25, 0.3) is 0 Å². The van der Waals surface area contributed by atoms with E-state index >= 15 is 0 Å². The number of nitrogens with zero attached hydrogens (tertiary/aromatic N) is 2. The van der Waals surface area contributed by atoms with Crippen molar-refractivity contribution in [3.63, 3.8) is 0 Å². The number of carbonyl (C=O) groups is 1. The van der Waals surface area contributed by atoms with Crippen molar-refractivity contribution in [1.29, 1.82) is 0 Å². The van der Waals surface area contributed by atoms with Crippen molar-refractivity contribution < 1.29 is 9.53 Å². The fraction of sp³-hybridized carbons (Fsp3) is 0.667. The van der Waals surface area contributed by atoms with Gasteiger partial charge >= 0.3 is 5.97 Å². The summed E-state index contributed by atoms with van der Waals surface area (Å²) >= 11 is 1.28. The van der Waals surface area contributed by atoms with E-state index in [-0.39, 0.29) is 12.1 Å². The molecule has 1 aromatic rings. The molecular weight excluding hydrogens is 200 g/mol. The number of esters is 1. The van der Waals surface area contributed by atoms with Crippen LogP contribution in [-0.4, -0.2) is 22.3 Å². The van der Waals surface area contributed by atoms with E-state index in [1.165, 1.54) is 11.3 Å². The van der Waals surface area contributed by atoms with E-state index in [2.05, 4.69) is 10.2 Å². The van der Waals surface area contributed by atoms with Crippen molar-refractivity contribution in [2.45, 2.75) is 38.7 Å². The molecule has 1 fully saturated rings. The maximum absolute atomic E-state index is 11.5. The first-order valence-electron chi connectivity index (χ1n) is 4.77. The van der Waals surface area contributed by atoms with Gasteiger partial charge in [-0.05, 0) is 32.6 Å². The number of carbonyl (C=O) groups excluding carboxylic acids is 1. The van der Waals surface area contributed by atoms with Crippen LogP contribution in [0.3, 0.4) is 0 Å². The molecule has 0 radical (unpaired) electrons. The fourth-order valence-corrected chi connectivity index (χ4v) is 2.16. The summed E-state index contributed by atoms with van der Waals surface area (Å²) in [6.45, 7) is 1.82. The molecule has 1 heterocycles. The van der Waals surface area contributed by atoms with Gasteiger partial charge in [0.1, 0.15) is 11.1 Å². The van der Waals surface area contributed by atoms with Crippen LogP contribution in [0.2, 0.25) is 0 Å². The molecule has 0 bridgehead atoms. The molecule has 0 spiro atoms. The molecule has 0 saturated heterocycles. The topological polar surface area (TPSA) is 52.1 Å². The number of rotatable bonds is 2. The third-order valence-electron chi connectivity index (χ3n) is 2.28. The number of hydrogen-bond donors (Lipinski definition) is 0. The molecule has 2 rings (SSSR count). The van der Waals surface area contributed by atoms with Crippen LogP contribution in [0.25, 0.3) is 0 Å². The molecule has 1 aliphatic carbocycles. The SMILES string of the molecule is Cc1nnc(C(=O)OC2CCCC2)s1. The molecule has 1 saturated carbocycles. The van der Waals surface area contributed by atoms with Crippen LogP contribution in [-0.2, 0) is 4.74 Å². The Labute approximate surface area is 86.3 Å². The zero-order valence-electron chi connectivity index (χ0n) is 8.02. The van der Waals surface area contributed by atoms with Gasteiger partial charge in [-0.2, -0.15) is 0 Å². The average molecular weight is 212 g/mol. The first-order chi connectivity index (χ1) is 6.75. The smallest absolute Gasteiger partial charge is 0.369 e. The molecule has 0 N–H and O–H groups in total. The summed E-state index contributed by atoms with van der Waals surface area (Å²) < 4.78 is 5.28. The van der Waals surface area contributed by atoms with Crippen LogP contribution in [0.4, 0.5) is 0 Å². The lowest BCUT2D eigenvalue weighted by molar-refractivity contribution is 0.0316. The highest BCUT2D eigenvalue weighted by Gasteiger charge is 2.21. The Balaban J connectivity index is 1.95. The van der Waals surface area contributed by atoms with E-state index in [1.807, 2.05) is 6.92 Å². The van der Waals surface area contributed by atoms with E-state index in [0.29, 0.717) is 5.01 Å². The fourth-order valence-electron chi connectivity index (χ4n) is 1.59. The number of ether oxygens (including phenoxy) is 1. The third-order valence-corrected chi connectivity index (χ3v) is 3.10. The summed E-state index contributed by atoms with van der Waals surface area (Å²) in [6, 6.07) is 0. The Kier molecular flexibility index (Phi) is 2.77. The Morgan fingerprint density at radius 3 is 2.71 bits per heavy atom. The highest BCUT2D eigenvalue weighted by molar-refractivity contribution is 7.13. The second-order valence-corrected chi connectivity index (χ2v) is 4.62. The van der Waals surface area contributed by atoms with Gasteiger partial charge in [0.05, 0.1) is 0 Å². The van der Waals surface area contributed by atoms with Crippen molar-refractivity contribution in [2.75, 3.05) is 0 Å². The average Bonchev–Trinajstić information content (AvgIpc) is 2.75. The van der Waals surface area contributed by atoms with Gasteiger partial charge in [-0.25, -0.2) is 4.79 Å². The molecule has 1 aromatic heterocycles. The molecule has 0 aliphatic heterocycles.